The molecule has 4 nitrogen and oxygen atoms in total. The van der Waals surface area contributed by atoms with Gasteiger partial charge in [-0.2, -0.15) is 0 Å². The molecule has 114 valence electrons. The number of hydrogen-bond acceptors (Lipinski definition) is 3. The predicted octanol–water partition coefficient (Wildman–Crippen LogP) is 2.35. The SMILES string of the molecule is CC1OCCC1NC1CCN(c2ccc(F)c(Cl)c2)C1=O. The summed E-state index contributed by atoms with van der Waals surface area (Å²) in [5.41, 5.74) is 0.645. The second kappa shape index (κ2) is 5.91. The van der Waals surface area contributed by atoms with Crippen LogP contribution < -0.4 is 10.2 Å². The summed E-state index contributed by atoms with van der Waals surface area (Å²) in [6, 6.07) is 4.39. The van der Waals surface area contributed by atoms with Gasteiger partial charge in [-0.15, -0.1) is 0 Å². The lowest BCUT2D eigenvalue weighted by atomic mass is 10.1. The van der Waals surface area contributed by atoms with Crippen LogP contribution in [0.2, 0.25) is 5.02 Å². The van der Waals surface area contributed by atoms with Crippen molar-refractivity contribution in [1.82, 2.24) is 5.32 Å². The summed E-state index contributed by atoms with van der Waals surface area (Å²) >= 11 is 5.79. The van der Waals surface area contributed by atoms with Crippen LogP contribution in [0.4, 0.5) is 10.1 Å². The average Bonchev–Trinajstić information content (AvgIpc) is 3.02. The van der Waals surface area contributed by atoms with Crippen LogP contribution in [0.3, 0.4) is 0 Å². The molecule has 0 bridgehead atoms. The molecule has 1 aromatic rings. The van der Waals surface area contributed by atoms with Gasteiger partial charge in [0.15, 0.2) is 0 Å². The Balaban J connectivity index is 1.69. The Kier molecular flexibility index (Phi) is 4.15. The molecule has 2 fully saturated rings. The third-order valence-corrected chi connectivity index (χ3v) is 4.50. The number of carbonyl (C=O) groups is 1. The van der Waals surface area contributed by atoms with Crippen LogP contribution in [0.5, 0.6) is 0 Å². The summed E-state index contributed by atoms with van der Waals surface area (Å²) in [5, 5.41) is 3.42. The third kappa shape index (κ3) is 2.91. The Morgan fingerprint density at radius 2 is 2.24 bits per heavy atom. The molecule has 1 N–H and O–H groups in total. The monoisotopic (exact) mass is 312 g/mol. The fourth-order valence-electron chi connectivity index (χ4n) is 2.95. The van der Waals surface area contributed by atoms with Crippen molar-refractivity contribution >= 4 is 23.2 Å². The standard InChI is InChI=1S/C15H18ClFN2O2/c1-9-13(5-7-21-9)18-14-4-6-19(15(14)20)10-2-3-12(17)11(16)8-10/h2-3,8-9,13-14,18H,4-7H2,1H3. The smallest absolute Gasteiger partial charge is 0.244 e. The van der Waals surface area contributed by atoms with Crippen molar-refractivity contribution in [1.29, 1.82) is 0 Å². The maximum atomic E-state index is 13.2. The molecule has 0 saturated carbocycles. The van der Waals surface area contributed by atoms with Crippen LogP contribution in [-0.4, -0.2) is 37.2 Å². The molecule has 0 aliphatic carbocycles. The maximum Gasteiger partial charge on any atom is 0.244 e. The molecule has 1 amide bonds. The first-order valence-corrected chi connectivity index (χ1v) is 7.58. The van der Waals surface area contributed by atoms with Crippen LogP contribution in [0.1, 0.15) is 19.8 Å². The van der Waals surface area contributed by atoms with Crippen LogP contribution >= 0.6 is 11.6 Å². The number of halogens is 2. The highest BCUT2D eigenvalue weighted by atomic mass is 35.5. The van der Waals surface area contributed by atoms with Crippen molar-refractivity contribution in [2.24, 2.45) is 0 Å². The molecule has 21 heavy (non-hydrogen) atoms. The highest BCUT2D eigenvalue weighted by molar-refractivity contribution is 6.31. The first-order chi connectivity index (χ1) is 10.1. The minimum absolute atomic E-state index is 0.0109. The molecular formula is C15H18ClFN2O2. The second-order valence-corrected chi connectivity index (χ2v) is 5.97. The van der Waals surface area contributed by atoms with E-state index in [1.165, 1.54) is 12.1 Å². The summed E-state index contributed by atoms with van der Waals surface area (Å²) in [6.07, 6.45) is 1.79. The first-order valence-electron chi connectivity index (χ1n) is 7.20. The van der Waals surface area contributed by atoms with E-state index in [9.17, 15) is 9.18 Å². The van der Waals surface area contributed by atoms with Gasteiger partial charge in [0.2, 0.25) is 5.91 Å². The number of amides is 1. The largest absolute Gasteiger partial charge is 0.377 e. The first kappa shape index (κ1) is 14.8. The van der Waals surface area contributed by atoms with Crippen molar-refractivity contribution in [3.8, 4) is 0 Å². The molecule has 3 atom stereocenters. The van der Waals surface area contributed by atoms with Gasteiger partial charge in [-0.05, 0) is 38.0 Å². The average molecular weight is 313 g/mol. The molecule has 2 saturated heterocycles. The minimum atomic E-state index is -0.473. The fraction of sp³-hybridized carbons (Fsp3) is 0.533. The van der Waals surface area contributed by atoms with Crippen LogP contribution in [-0.2, 0) is 9.53 Å². The van der Waals surface area contributed by atoms with E-state index in [0.717, 1.165) is 19.4 Å². The van der Waals surface area contributed by atoms with E-state index < -0.39 is 5.82 Å². The summed E-state index contributed by atoms with van der Waals surface area (Å²) in [4.78, 5) is 14.1. The maximum absolute atomic E-state index is 13.2. The van der Waals surface area contributed by atoms with E-state index >= 15 is 0 Å². The Morgan fingerprint density at radius 3 is 2.90 bits per heavy atom. The summed E-state index contributed by atoms with van der Waals surface area (Å²) in [6.45, 7) is 3.36. The number of benzene rings is 1. The Bertz CT molecular complexity index is 554. The molecule has 0 spiro atoms. The van der Waals surface area contributed by atoms with Crippen molar-refractivity contribution in [2.75, 3.05) is 18.1 Å². The van der Waals surface area contributed by atoms with Gasteiger partial charge in [0.05, 0.1) is 17.2 Å². The number of anilines is 1. The highest BCUT2D eigenvalue weighted by Crippen LogP contribution is 2.27. The number of ether oxygens (including phenoxy) is 1. The van der Waals surface area contributed by atoms with Crippen molar-refractivity contribution in [3.63, 3.8) is 0 Å². The molecule has 6 heteroatoms. The van der Waals surface area contributed by atoms with Gasteiger partial charge in [0.1, 0.15) is 5.82 Å². The number of rotatable bonds is 3. The Hall–Kier alpha value is -1.17. The van der Waals surface area contributed by atoms with Crippen molar-refractivity contribution in [2.45, 2.75) is 38.0 Å². The van der Waals surface area contributed by atoms with Gasteiger partial charge < -0.3 is 15.0 Å². The zero-order chi connectivity index (χ0) is 15.0. The fourth-order valence-corrected chi connectivity index (χ4v) is 3.13. The van der Waals surface area contributed by atoms with Crippen LogP contribution in [0.25, 0.3) is 0 Å². The van der Waals surface area contributed by atoms with E-state index in [1.807, 2.05) is 6.92 Å². The molecule has 0 radical (unpaired) electrons. The van der Waals surface area contributed by atoms with Gasteiger partial charge >= 0.3 is 0 Å². The third-order valence-electron chi connectivity index (χ3n) is 4.21. The van der Waals surface area contributed by atoms with Gasteiger partial charge in [-0.1, -0.05) is 11.6 Å². The zero-order valence-electron chi connectivity index (χ0n) is 11.8. The van der Waals surface area contributed by atoms with E-state index in [0.29, 0.717) is 12.2 Å². The Morgan fingerprint density at radius 1 is 1.43 bits per heavy atom. The lowest BCUT2D eigenvalue weighted by Gasteiger charge is -2.21. The van der Waals surface area contributed by atoms with Gasteiger partial charge in [-0.25, -0.2) is 4.39 Å². The van der Waals surface area contributed by atoms with E-state index in [-0.39, 0.29) is 29.1 Å². The number of hydrogen-bond donors (Lipinski definition) is 1. The van der Waals surface area contributed by atoms with E-state index in [4.69, 9.17) is 16.3 Å². The van der Waals surface area contributed by atoms with Gasteiger partial charge in [0, 0.05) is 24.9 Å². The van der Waals surface area contributed by atoms with E-state index in [1.54, 1.807) is 11.0 Å². The molecule has 3 unspecified atom stereocenters. The van der Waals surface area contributed by atoms with Crippen LogP contribution in [0.15, 0.2) is 18.2 Å². The minimum Gasteiger partial charge on any atom is -0.377 e. The zero-order valence-corrected chi connectivity index (χ0v) is 12.6. The number of carbonyl (C=O) groups excluding carboxylic acids is 1. The van der Waals surface area contributed by atoms with Crippen LogP contribution in [0, 0.1) is 5.82 Å². The molecule has 2 aliphatic heterocycles. The lowest BCUT2D eigenvalue weighted by Crippen LogP contribution is -2.46. The number of nitrogens with zero attached hydrogens (tertiary/aromatic N) is 1. The molecule has 2 heterocycles. The summed E-state index contributed by atoms with van der Waals surface area (Å²) < 4.78 is 18.7. The highest BCUT2D eigenvalue weighted by Gasteiger charge is 2.36. The number of nitrogens with one attached hydrogen (secondary N) is 1. The summed E-state index contributed by atoms with van der Waals surface area (Å²) in [7, 11) is 0. The second-order valence-electron chi connectivity index (χ2n) is 5.57. The Labute approximate surface area is 128 Å². The molecule has 0 aromatic heterocycles. The van der Waals surface area contributed by atoms with Gasteiger partial charge in [-0.3, -0.25) is 4.79 Å². The van der Waals surface area contributed by atoms with E-state index in [2.05, 4.69) is 5.32 Å². The molecular weight excluding hydrogens is 295 g/mol. The molecule has 2 aliphatic rings. The van der Waals surface area contributed by atoms with Crippen molar-refractivity contribution < 1.29 is 13.9 Å². The predicted molar refractivity (Wildman–Crippen MR) is 79.1 cm³/mol. The molecule has 1 aromatic carbocycles. The normalized spacial score (nSPS) is 29.4. The summed E-state index contributed by atoms with van der Waals surface area (Å²) in [5.74, 6) is -0.463. The topological polar surface area (TPSA) is 41.6 Å². The quantitative estimate of drug-likeness (QED) is 0.931. The molecule has 3 rings (SSSR count). The van der Waals surface area contributed by atoms with Gasteiger partial charge in [0.25, 0.3) is 0 Å². The lowest BCUT2D eigenvalue weighted by molar-refractivity contribution is -0.119. The van der Waals surface area contributed by atoms with Crippen molar-refractivity contribution in [3.05, 3.63) is 29.0 Å².